The minimum absolute atomic E-state index is 0.0571. The number of benzene rings is 1. The maximum atomic E-state index is 11.3. The lowest BCUT2D eigenvalue weighted by Crippen LogP contribution is -2.10. The summed E-state index contributed by atoms with van der Waals surface area (Å²) in [5, 5.41) is 11.2. The Morgan fingerprint density at radius 3 is 2.75 bits per heavy atom. The van der Waals surface area contributed by atoms with Crippen molar-refractivity contribution in [2.24, 2.45) is 0 Å². The van der Waals surface area contributed by atoms with Crippen LogP contribution in [0, 0.1) is 10.1 Å². The summed E-state index contributed by atoms with van der Waals surface area (Å²) >= 11 is 3.12. The molecule has 0 saturated carbocycles. The fourth-order valence-electron chi connectivity index (χ4n) is 1.20. The summed E-state index contributed by atoms with van der Waals surface area (Å²) in [6.45, 7) is 0.263. The van der Waals surface area contributed by atoms with Gasteiger partial charge in [-0.15, -0.1) is 0 Å². The number of para-hydroxylation sites is 1. The van der Waals surface area contributed by atoms with Crippen molar-refractivity contribution in [2.45, 2.75) is 6.42 Å². The van der Waals surface area contributed by atoms with Crippen molar-refractivity contribution in [3.05, 3.63) is 39.9 Å². The van der Waals surface area contributed by atoms with Crippen LogP contribution in [0.15, 0.2) is 24.3 Å². The van der Waals surface area contributed by atoms with Gasteiger partial charge in [-0.3, -0.25) is 14.9 Å². The van der Waals surface area contributed by atoms with Gasteiger partial charge < -0.3 is 4.74 Å². The summed E-state index contributed by atoms with van der Waals surface area (Å²) < 4.78 is 4.82. The average Bonchev–Trinajstić information content (AvgIpc) is 2.27. The smallest absolute Gasteiger partial charge is 0.310 e. The highest BCUT2D eigenvalue weighted by molar-refractivity contribution is 9.09. The summed E-state index contributed by atoms with van der Waals surface area (Å²) in [5.41, 5.74) is 0.311. The number of ether oxygens (including phenoxy) is 1. The minimum atomic E-state index is -0.507. The Labute approximate surface area is 101 Å². The van der Waals surface area contributed by atoms with E-state index in [0.717, 1.165) is 0 Å². The Hall–Kier alpha value is -1.43. The Balaban J connectivity index is 2.73. The molecule has 0 aliphatic rings. The van der Waals surface area contributed by atoms with Crippen molar-refractivity contribution >= 4 is 27.6 Å². The van der Waals surface area contributed by atoms with Crippen molar-refractivity contribution in [3.63, 3.8) is 0 Å². The highest BCUT2D eigenvalue weighted by Gasteiger charge is 2.15. The Morgan fingerprint density at radius 2 is 2.12 bits per heavy atom. The molecule has 0 spiro atoms. The predicted octanol–water partition coefficient (Wildman–Crippen LogP) is 2.08. The molecule has 0 unspecified atom stereocenters. The van der Waals surface area contributed by atoms with Gasteiger partial charge >= 0.3 is 5.97 Å². The van der Waals surface area contributed by atoms with Gasteiger partial charge in [-0.2, -0.15) is 0 Å². The molecule has 0 aliphatic carbocycles. The predicted molar refractivity (Wildman–Crippen MR) is 61.6 cm³/mol. The number of rotatable bonds is 5. The SMILES string of the molecule is O=C(Cc1ccccc1[N+](=O)[O-])OCCBr. The molecule has 0 amide bonds. The molecule has 0 saturated heterocycles. The van der Waals surface area contributed by atoms with Crippen molar-refractivity contribution < 1.29 is 14.5 Å². The molecule has 86 valence electrons. The number of hydrogen-bond acceptors (Lipinski definition) is 4. The van der Waals surface area contributed by atoms with E-state index in [-0.39, 0.29) is 18.7 Å². The largest absolute Gasteiger partial charge is 0.465 e. The quantitative estimate of drug-likeness (QED) is 0.360. The number of nitrogens with zero attached hydrogens (tertiary/aromatic N) is 1. The van der Waals surface area contributed by atoms with E-state index < -0.39 is 10.9 Å². The minimum Gasteiger partial charge on any atom is -0.465 e. The lowest BCUT2D eigenvalue weighted by molar-refractivity contribution is -0.385. The third-order valence-electron chi connectivity index (χ3n) is 1.86. The van der Waals surface area contributed by atoms with Crippen LogP contribution < -0.4 is 0 Å². The van der Waals surface area contributed by atoms with E-state index in [0.29, 0.717) is 10.9 Å². The van der Waals surface area contributed by atoms with Gasteiger partial charge in [-0.25, -0.2) is 0 Å². The molecule has 0 bridgehead atoms. The number of esters is 1. The third kappa shape index (κ3) is 3.62. The molecule has 0 radical (unpaired) electrons. The monoisotopic (exact) mass is 287 g/mol. The van der Waals surface area contributed by atoms with Crippen LogP contribution in [-0.2, 0) is 16.0 Å². The van der Waals surface area contributed by atoms with Gasteiger partial charge in [-0.05, 0) is 0 Å². The van der Waals surface area contributed by atoms with Gasteiger partial charge in [0.05, 0.1) is 11.3 Å². The average molecular weight is 288 g/mol. The first kappa shape index (κ1) is 12.6. The molecule has 0 heterocycles. The van der Waals surface area contributed by atoms with Crippen LogP contribution >= 0.6 is 15.9 Å². The van der Waals surface area contributed by atoms with E-state index >= 15 is 0 Å². The number of alkyl halides is 1. The molecule has 0 aliphatic heterocycles. The standard InChI is InChI=1S/C10H10BrNO4/c11-5-6-16-10(13)7-8-3-1-2-4-9(8)12(14)15/h1-4H,5-7H2. The Morgan fingerprint density at radius 1 is 1.44 bits per heavy atom. The molecular formula is C10H10BrNO4. The van der Waals surface area contributed by atoms with Crippen LogP contribution in [0.3, 0.4) is 0 Å². The number of nitro groups is 1. The number of halogens is 1. The molecule has 16 heavy (non-hydrogen) atoms. The van der Waals surface area contributed by atoms with Crippen molar-refractivity contribution in [1.82, 2.24) is 0 Å². The highest BCUT2D eigenvalue weighted by Crippen LogP contribution is 2.18. The lowest BCUT2D eigenvalue weighted by atomic mass is 10.1. The molecule has 1 rings (SSSR count). The summed E-state index contributed by atoms with van der Waals surface area (Å²) in [6, 6.07) is 6.13. The Bertz CT molecular complexity index is 394. The van der Waals surface area contributed by atoms with Gasteiger partial charge in [-0.1, -0.05) is 34.1 Å². The van der Waals surface area contributed by atoms with Gasteiger partial charge in [0.25, 0.3) is 5.69 Å². The van der Waals surface area contributed by atoms with Crippen molar-refractivity contribution in [3.8, 4) is 0 Å². The molecule has 5 nitrogen and oxygen atoms in total. The first-order valence-corrected chi connectivity index (χ1v) is 5.71. The van der Waals surface area contributed by atoms with E-state index in [2.05, 4.69) is 15.9 Å². The van der Waals surface area contributed by atoms with Crippen LogP contribution in [-0.4, -0.2) is 22.8 Å². The summed E-state index contributed by atoms with van der Waals surface area (Å²) in [6.07, 6.45) is -0.0792. The zero-order chi connectivity index (χ0) is 12.0. The van der Waals surface area contributed by atoms with Crippen LogP contribution in [0.2, 0.25) is 0 Å². The zero-order valence-electron chi connectivity index (χ0n) is 8.39. The van der Waals surface area contributed by atoms with Crippen LogP contribution in [0.25, 0.3) is 0 Å². The number of hydrogen-bond donors (Lipinski definition) is 0. The van der Waals surface area contributed by atoms with E-state index in [1.807, 2.05) is 0 Å². The zero-order valence-corrected chi connectivity index (χ0v) is 9.97. The second-order valence-electron chi connectivity index (χ2n) is 2.97. The third-order valence-corrected chi connectivity index (χ3v) is 2.19. The maximum absolute atomic E-state index is 11.3. The normalized spacial score (nSPS) is 9.81. The molecule has 0 atom stereocenters. The van der Waals surface area contributed by atoms with Gasteiger partial charge in [0.2, 0.25) is 0 Å². The fraction of sp³-hybridized carbons (Fsp3) is 0.300. The number of carbonyl (C=O) groups is 1. The van der Waals surface area contributed by atoms with E-state index in [1.165, 1.54) is 6.07 Å². The summed E-state index contributed by atoms with van der Waals surface area (Å²) in [4.78, 5) is 21.4. The topological polar surface area (TPSA) is 69.4 Å². The summed E-state index contributed by atoms with van der Waals surface area (Å²) in [7, 11) is 0. The maximum Gasteiger partial charge on any atom is 0.310 e. The second kappa shape index (κ2) is 6.22. The number of carbonyl (C=O) groups excluding carboxylic acids is 1. The van der Waals surface area contributed by atoms with Crippen LogP contribution in [0.4, 0.5) is 5.69 Å². The first-order chi connectivity index (χ1) is 7.65. The molecule has 0 N–H and O–H groups in total. The molecule has 1 aromatic rings. The van der Waals surface area contributed by atoms with Crippen molar-refractivity contribution in [2.75, 3.05) is 11.9 Å². The van der Waals surface area contributed by atoms with Crippen LogP contribution in [0.5, 0.6) is 0 Å². The molecule has 0 fully saturated rings. The highest BCUT2D eigenvalue weighted by atomic mass is 79.9. The summed E-state index contributed by atoms with van der Waals surface area (Å²) in [5.74, 6) is -0.464. The van der Waals surface area contributed by atoms with Gasteiger partial charge in [0.1, 0.15) is 6.61 Å². The fourth-order valence-corrected chi connectivity index (χ4v) is 1.36. The van der Waals surface area contributed by atoms with E-state index in [9.17, 15) is 14.9 Å². The molecule has 6 heteroatoms. The number of nitro benzene ring substituents is 1. The second-order valence-corrected chi connectivity index (χ2v) is 3.77. The molecule has 1 aromatic carbocycles. The molecular weight excluding hydrogens is 278 g/mol. The Kier molecular flexibility index (Phi) is 4.91. The lowest BCUT2D eigenvalue weighted by Gasteiger charge is -2.03. The first-order valence-electron chi connectivity index (χ1n) is 4.59. The van der Waals surface area contributed by atoms with E-state index in [1.54, 1.807) is 18.2 Å². The van der Waals surface area contributed by atoms with Crippen LogP contribution in [0.1, 0.15) is 5.56 Å². The van der Waals surface area contributed by atoms with Crippen molar-refractivity contribution in [1.29, 1.82) is 0 Å². The van der Waals surface area contributed by atoms with Gasteiger partial charge in [0, 0.05) is 17.0 Å². The molecule has 0 aromatic heterocycles. The van der Waals surface area contributed by atoms with Gasteiger partial charge in [0.15, 0.2) is 0 Å². The van der Waals surface area contributed by atoms with E-state index in [4.69, 9.17) is 4.74 Å².